The first kappa shape index (κ1) is 13.7. The van der Waals surface area contributed by atoms with E-state index in [2.05, 4.69) is 0 Å². The van der Waals surface area contributed by atoms with E-state index in [0.717, 1.165) is 30.3 Å². The van der Waals surface area contributed by atoms with E-state index < -0.39 is 30.0 Å². The van der Waals surface area contributed by atoms with Gasteiger partial charge in [0.25, 0.3) is 20.2 Å². The van der Waals surface area contributed by atoms with Gasteiger partial charge in [-0.15, -0.1) is 0 Å². The highest BCUT2D eigenvalue weighted by Crippen LogP contribution is 2.31. The van der Waals surface area contributed by atoms with Crippen LogP contribution in [0.3, 0.4) is 0 Å². The standard InChI is InChI=1S/C10H8O7S2/c11-9-3-4-10(19(15,16)17)8-5-6(18(12,13)14)1-2-7(8)9/h1-5,11H,(H,12,13,14)(H,15,16,17). The summed E-state index contributed by atoms with van der Waals surface area (Å²) in [6.07, 6.45) is 0. The van der Waals surface area contributed by atoms with E-state index in [1.54, 1.807) is 0 Å². The normalized spacial score (nSPS) is 12.7. The minimum Gasteiger partial charge on any atom is -0.507 e. The van der Waals surface area contributed by atoms with Crippen LogP contribution in [0.5, 0.6) is 5.75 Å². The van der Waals surface area contributed by atoms with Gasteiger partial charge in [0.15, 0.2) is 0 Å². The summed E-state index contributed by atoms with van der Waals surface area (Å²) >= 11 is 0. The second-order valence-corrected chi connectivity index (χ2v) is 6.55. The van der Waals surface area contributed by atoms with Gasteiger partial charge in [0.1, 0.15) is 10.6 Å². The molecule has 0 aliphatic heterocycles. The lowest BCUT2D eigenvalue weighted by Gasteiger charge is -2.07. The van der Waals surface area contributed by atoms with Crippen LogP contribution < -0.4 is 0 Å². The maximum absolute atomic E-state index is 11.2. The fraction of sp³-hybridized carbons (Fsp3) is 0. The summed E-state index contributed by atoms with van der Waals surface area (Å²) in [6.45, 7) is 0. The number of fused-ring (bicyclic) bond motifs is 1. The number of hydrogen-bond donors (Lipinski definition) is 3. The van der Waals surface area contributed by atoms with Gasteiger partial charge in [-0.3, -0.25) is 9.11 Å². The van der Waals surface area contributed by atoms with E-state index in [1.807, 2.05) is 0 Å². The van der Waals surface area contributed by atoms with Crippen LogP contribution in [-0.4, -0.2) is 31.0 Å². The molecule has 0 amide bonds. The third-order valence-corrected chi connectivity index (χ3v) is 4.26. The first-order valence-corrected chi connectivity index (χ1v) is 7.69. The Morgan fingerprint density at radius 3 is 1.95 bits per heavy atom. The molecule has 7 nitrogen and oxygen atoms in total. The molecule has 2 aromatic rings. The van der Waals surface area contributed by atoms with Crippen molar-refractivity contribution in [1.29, 1.82) is 0 Å². The molecule has 0 heterocycles. The van der Waals surface area contributed by atoms with Crippen LogP contribution >= 0.6 is 0 Å². The Morgan fingerprint density at radius 1 is 0.789 bits per heavy atom. The van der Waals surface area contributed by atoms with Crippen LogP contribution in [0.2, 0.25) is 0 Å². The summed E-state index contributed by atoms with van der Waals surface area (Å²) in [5.41, 5.74) is 0. The van der Waals surface area contributed by atoms with E-state index in [9.17, 15) is 21.9 Å². The van der Waals surface area contributed by atoms with Gasteiger partial charge >= 0.3 is 0 Å². The first-order chi connectivity index (χ1) is 8.60. The number of benzene rings is 2. The molecule has 19 heavy (non-hydrogen) atoms. The van der Waals surface area contributed by atoms with Crippen molar-refractivity contribution in [3.05, 3.63) is 30.3 Å². The monoisotopic (exact) mass is 304 g/mol. The predicted octanol–water partition coefficient (Wildman–Crippen LogP) is 1.04. The summed E-state index contributed by atoms with van der Waals surface area (Å²) < 4.78 is 62.3. The fourth-order valence-corrected chi connectivity index (χ4v) is 2.86. The van der Waals surface area contributed by atoms with Crippen molar-refractivity contribution in [2.24, 2.45) is 0 Å². The number of phenols is 1. The Hall–Kier alpha value is -1.68. The molecule has 9 heteroatoms. The van der Waals surface area contributed by atoms with Gasteiger partial charge in [-0.25, -0.2) is 0 Å². The van der Waals surface area contributed by atoms with Gasteiger partial charge in [0, 0.05) is 10.8 Å². The molecule has 2 aromatic carbocycles. The van der Waals surface area contributed by atoms with Crippen molar-refractivity contribution in [3.8, 4) is 5.75 Å². The van der Waals surface area contributed by atoms with Crippen LogP contribution in [0.1, 0.15) is 0 Å². The molecule has 0 bridgehead atoms. The van der Waals surface area contributed by atoms with Crippen molar-refractivity contribution in [2.45, 2.75) is 9.79 Å². The lowest BCUT2D eigenvalue weighted by Crippen LogP contribution is -2.01. The highest BCUT2D eigenvalue weighted by molar-refractivity contribution is 7.86. The van der Waals surface area contributed by atoms with Crippen LogP contribution in [0.15, 0.2) is 40.1 Å². The molecule has 2 rings (SSSR count). The second-order valence-electron chi connectivity index (χ2n) is 3.74. The number of phenolic OH excluding ortho intramolecular Hbond substituents is 1. The molecule has 0 radical (unpaired) electrons. The Bertz CT molecular complexity index is 866. The molecule has 0 saturated carbocycles. The van der Waals surface area contributed by atoms with Gasteiger partial charge in [-0.05, 0) is 30.3 Å². The molecule has 0 aromatic heterocycles. The van der Waals surface area contributed by atoms with Crippen molar-refractivity contribution in [3.63, 3.8) is 0 Å². The predicted molar refractivity (Wildman–Crippen MR) is 65.2 cm³/mol. The van der Waals surface area contributed by atoms with Gasteiger partial charge < -0.3 is 5.11 Å². The highest BCUT2D eigenvalue weighted by Gasteiger charge is 2.18. The van der Waals surface area contributed by atoms with Gasteiger partial charge in [0.2, 0.25) is 0 Å². The Kier molecular flexibility index (Phi) is 3.01. The molecule has 0 fully saturated rings. The summed E-state index contributed by atoms with van der Waals surface area (Å²) in [4.78, 5) is -1.11. The maximum Gasteiger partial charge on any atom is 0.295 e. The van der Waals surface area contributed by atoms with Crippen molar-refractivity contribution < 1.29 is 31.0 Å². The van der Waals surface area contributed by atoms with E-state index >= 15 is 0 Å². The fourth-order valence-electron chi connectivity index (χ4n) is 1.67. The molecule has 0 atom stereocenters. The second kappa shape index (κ2) is 4.17. The van der Waals surface area contributed by atoms with E-state index in [1.165, 1.54) is 0 Å². The SMILES string of the molecule is O=S(=O)(O)c1ccc2c(O)ccc(S(=O)(=O)O)c2c1. The smallest absolute Gasteiger partial charge is 0.295 e. The molecule has 0 unspecified atom stereocenters. The van der Waals surface area contributed by atoms with Gasteiger partial charge in [0.05, 0.1) is 4.90 Å². The zero-order valence-corrected chi connectivity index (χ0v) is 10.8. The van der Waals surface area contributed by atoms with Gasteiger partial charge in [-0.1, -0.05) is 0 Å². The number of rotatable bonds is 2. The van der Waals surface area contributed by atoms with E-state index in [0.29, 0.717) is 0 Å². The number of aromatic hydroxyl groups is 1. The molecule has 0 aliphatic carbocycles. The largest absolute Gasteiger partial charge is 0.507 e. The summed E-state index contributed by atoms with van der Waals surface area (Å²) in [5, 5.41) is 9.39. The summed E-state index contributed by atoms with van der Waals surface area (Å²) in [6, 6.07) is 4.97. The molecule has 0 aliphatic rings. The van der Waals surface area contributed by atoms with Crippen LogP contribution in [0, 0.1) is 0 Å². The molecule has 0 saturated heterocycles. The third-order valence-electron chi connectivity index (χ3n) is 2.50. The Balaban J connectivity index is 2.98. The van der Waals surface area contributed by atoms with Crippen LogP contribution in [0.4, 0.5) is 0 Å². The van der Waals surface area contributed by atoms with Crippen molar-refractivity contribution in [1.82, 2.24) is 0 Å². The Morgan fingerprint density at radius 2 is 1.42 bits per heavy atom. The lowest BCUT2D eigenvalue weighted by atomic mass is 10.1. The molecule has 0 spiro atoms. The Labute approximate surface area is 108 Å². The van der Waals surface area contributed by atoms with Crippen molar-refractivity contribution in [2.75, 3.05) is 0 Å². The quantitative estimate of drug-likeness (QED) is 0.707. The average molecular weight is 304 g/mol. The minimum atomic E-state index is -4.60. The number of hydrogen-bond acceptors (Lipinski definition) is 5. The third kappa shape index (κ3) is 2.54. The topological polar surface area (TPSA) is 129 Å². The first-order valence-electron chi connectivity index (χ1n) is 4.81. The maximum atomic E-state index is 11.2. The molecular formula is C10H8O7S2. The molecule has 3 N–H and O–H groups in total. The zero-order valence-electron chi connectivity index (χ0n) is 9.18. The van der Waals surface area contributed by atoms with Crippen molar-refractivity contribution >= 4 is 31.0 Å². The molecule has 102 valence electrons. The van der Waals surface area contributed by atoms with Crippen LogP contribution in [-0.2, 0) is 20.2 Å². The zero-order chi connectivity index (χ0) is 14.4. The van der Waals surface area contributed by atoms with E-state index in [4.69, 9.17) is 9.11 Å². The summed E-state index contributed by atoms with van der Waals surface area (Å²) in [5.74, 6) is -0.288. The van der Waals surface area contributed by atoms with Gasteiger partial charge in [-0.2, -0.15) is 16.8 Å². The minimum absolute atomic E-state index is 0.0301. The van der Waals surface area contributed by atoms with Crippen LogP contribution in [0.25, 0.3) is 10.8 Å². The molecular weight excluding hydrogens is 296 g/mol. The summed E-state index contributed by atoms with van der Waals surface area (Å²) in [7, 11) is -9.12. The average Bonchev–Trinajstić information content (AvgIpc) is 2.26. The lowest BCUT2D eigenvalue weighted by molar-refractivity contribution is 0.476. The highest BCUT2D eigenvalue weighted by atomic mass is 32.2. The van der Waals surface area contributed by atoms with E-state index in [-0.39, 0.29) is 16.5 Å².